The van der Waals surface area contributed by atoms with Gasteiger partial charge in [-0.2, -0.15) is 0 Å². The van der Waals surface area contributed by atoms with E-state index >= 15 is 0 Å². The zero-order valence-electron chi connectivity index (χ0n) is 9.75. The van der Waals surface area contributed by atoms with E-state index in [1.54, 1.807) is 0 Å². The maximum atomic E-state index is 10.5. The third kappa shape index (κ3) is 2.90. The van der Waals surface area contributed by atoms with Gasteiger partial charge in [-0.05, 0) is 19.0 Å². The molecule has 0 atom stereocenters. The summed E-state index contributed by atoms with van der Waals surface area (Å²) >= 11 is 1.36. The van der Waals surface area contributed by atoms with Crippen LogP contribution >= 0.6 is 11.3 Å². The van der Waals surface area contributed by atoms with Crippen LogP contribution in [0.25, 0.3) is 10.8 Å². The molecule has 96 valence electrons. The average Bonchev–Trinajstić information content (AvgIpc) is 2.97. The zero-order valence-corrected chi connectivity index (χ0v) is 10.6. The van der Waals surface area contributed by atoms with Gasteiger partial charge in [0.05, 0.1) is 6.07 Å². The van der Waals surface area contributed by atoms with Gasteiger partial charge in [0.15, 0.2) is 10.8 Å². The molecule has 0 aliphatic heterocycles. The van der Waals surface area contributed by atoms with E-state index in [1.165, 1.54) is 23.5 Å². The van der Waals surface area contributed by atoms with Crippen LogP contribution in [0.4, 0.5) is 5.88 Å². The molecular weight excluding hydrogens is 256 g/mol. The van der Waals surface area contributed by atoms with Gasteiger partial charge < -0.3 is 9.73 Å². The van der Waals surface area contributed by atoms with Crippen LogP contribution in [0.2, 0.25) is 0 Å². The fourth-order valence-corrected chi connectivity index (χ4v) is 2.11. The van der Waals surface area contributed by atoms with E-state index in [4.69, 9.17) is 4.42 Å². The van der Waals surface area contributed by atoms with Crippen LogP contribution < -0.4 is 5.32 Å². The molecule has 2 rings (SSSR count). The molecule has 0 aliphatic rings. The highest BCUT2D eigenvalue weighted by Gasteiger charge is 2.16. The first-order valence-electron chi connectivity index (χ1n) is 5.48. The highest BCUT2D eigenvalue weighted by Crippen LogP contribution is 2.28. The summed E-state index contributed by atoms with van der Waals surface area (Å²) in [6.45, 7) is 3.65. The van der Waals surface area contributed by atoms with Crippen molar-refractivity contribution in [1.82, 2.24) is 15.5 Å². The number of furan rings is 1. The molecule has 0 aromatic carbocycles. The predicted octanol–water partition coefficient (Wildman–Crippen LogP) is 2.21. The molecule has 0 bridgehead atoms. The minimum Gasteiger partial charge on any atom is -0.398 e. The van der Waals surface area contributed by atoms with Crippen LogP contribution in [-0.4, -0.2) is 21.7 Å². The van der Waals surface area contributed by atoms with Gasteiger partial charge in [-0.3, -0.25) is 10.1 Å². The van der Waals surface area contributed by atoms with E-state index in [0.717, 1.165) is 18.0 Å². The van der Waals surface area contributed by atoms with Crippen molar-refractivity contribution in [3.8, 4) is 10.8 Å². The van der Waals surface area contributed by atoms with Crippen molar-refractivity contribution in [1.29, 1.82) is 0 Å². The Kier molecular flexibility index (Phi) is 4.00. The van der Waals surface area contributed by atoms with Crippen LogP contribution in [0.5, 0.6) is 0 Å². The Morgan fingerprint density at radius 3 is 3.00 bits per heavy atom. The van der Waals surface area contributed by atoms with E-state index in [2.05, 4.69) is 22.4 Å². The molecule has 0 fully saturated rings. The second-order valence-electron chi connectivity index (χ2n) is 3.57. The predicted molar refractivity (Wildman–Crippen MR) is 66.3 cm³/mol. The lowest BCUT2D eigenvalue weighted by atomic mass is 10.5. The number of hydrogen-bond acceptors (Lipinski definition) is 7. The lowest BCUT2D eigenvalue weighted by Gasteiger charge is -1.96. The summed E-state index contributed by atoms with van der Waals surface area (Å²) in [5, 5.41) is 23.0. The second kappa shape index (κ2) is 5.69. The summed E-state index contributed by atoms with van der Waals surface area (Å²) in [4.78, 5) is 9.92. The maximum absolute atomic E-state index is 10.5. The Labute approximate surface area is 107 Å². The summed E-state index contributed by atoms with van der Waals surface area (Å²) in [7, 11) is 0. The third-order valence-electron chi connectivity index (χ3n) is 2.15. The highest BCUT2D eigenvalue weighted by atomic mass is 32.1. The lowest BCUT2D eigenvalue weighted by Crippen LogP contribution is -2.13. The Morgan fingerprint density at radius 2 is 2.33 bits per heavy atom. The summed E-state index contributed by atoms with van der Waals surface area (Å²) in [5.41, 5.74) is 0. The standard InChI is InChI=1S/C10H12N4O3S/c1-2-5-11-6-8-12-13-10(18-8)7-3-4-9(17-7)14(15)16/h3-4,11H,2,5-6H2,1H3. The van der Waals surface area contributed by atoms with E-state index in [1.807, 2.05) is 0 Å². The van der Waals surface area contributed by atoms with Crippen molar-refractivity contribution in [3.63, 3.8) is 0 Å². The van der Waals surface area contributed by atoms with Crippen LogP contribution in [0, 0.1) is 10.1 Å². The smallest absolute Gasteiger partial charge is 0.398 e. The molecule has 2 heterocycles. The Hall–Kier alpha value is -1.80. The first kappa shape index (κ1) is 12.7. The van der Waals surface area contributed by atoms with Crippen LogP contribution in [0.1, 0.15) is 18.4 Å². The van der Waals surface area contributed by atoms with Crippen molar-refractivity contribution in [2.75, 3.05) is 6.54 Å². The summed E-state index contributed by atoms with van der Waals surface area (Å²) < 4.78 is 5.06. The molecule has 18 heavy (non-hydrogen) atoms. The normalized spacial score (nSPS) is 10.7. The molecule has 0 spiro atoms. The second-order valence-corrected chi connectivity index (χ2v) is 4.63. The van der Waals surface area contributed by atoms with Crippen molar-refractivity contribution < 1.29 is 9.34 Å². The fraction of sp³-hybridized carbons (Fsp3) is 0.400. The number of rotatable bonds is 6. The quantitative estimate of drug-likeness (QED) is 0.490. The monoisotopic (exact) mass is 268 g/mol. The highest BCUT2D eigenvalue weighted by molar-refractivity contribution is 7.14. The SMILES string of the molecule is CCCNCc1nnc(-c2ccc([N+](=O)[O-])o2)s1. The van der Waals surface area contributed by atoms with E-state index in [9.17, 15) is 10.1 Å². The van der Waals surface area contributed by atoms with Gasteiger partial charge in [0.2, 0.25) is 0 Å². The van der Waals surface area contributed by atoms with E-state index < -0.39 is 4.92 Å². The number of nitrogens with one attached hydrogen (secondary N) is 1. The fourth-order valence-electron chi connectivity index (χ4n) is 1.34. The minimum atomic E-state index is -0.575. The van der Waals surface area contributed by atoms with Crippen LogP contribution in [0.3, 0.4) is 0 Å². The Bertz CT molecular complexity index is 537. The summed E-state index contributed by atoms with van der Waals surface area (Å²) in [6.07, 6.45) is 1.05. The number of nitro groups is 1. The van der Waals surface area contributed by atoms with Gasteiger partial charge in [0.1, 0.15) is 9.93 Å². The molecule has 0 saturated heterocycles. The van der Waals surface area contributed by atoms with Gasteiger partial charge in [-0.25, -0.2) is 0 Å². The van der Waals surface area contributed by atoms with Crippen LogP contribution in [0.15, 0.2) is 16.5 Å². The van der Waals surface area contributed by atoms with Crippen LogP contribution in [-0.2, 0) is 6.54 Å². The maximum Gasteiger partial charge on any atom is 0.433 e. The Morgan fingerprint density at radius 1 is 1.50 bits per heavy atom. The molecular formula is C10H12N4O3S. The first-order valence-corrected chi connectivity index (χ1v) is 6.30. The van der Waals surface area contributed by atoms with Crippen molar-refractivity contribution >= 4 is 17.2 Å². The van der Waals surface area contributed by atoms with E-state index in [0.29, 0.717) is 17.3 Å². The molecule has 0 unspecified atom stereocenters. The van der Waals surface area contributed by atoms with Gasteiger partial charge in [-0.15, -0.1) is 10.2 Å². The van der Waals surface area contributed by atoms with E-state index in [-0.39, 0.29) is 5.88 Å². The molecule has 2 aromatic rings. The molecule has 8 heteroatoms. The largest absolute Gasteiger partial charge is 0.433 e. The molecule has 0 radical (unpaired) electrons. The summed E-state index contributed by atoms with van der Waals surface area (Å²) in [5.74, 6) is 0.0896. The average molecular weight is 268 g/mol. The topological polar surface area (TPSA) is 94.1 Å². The lowest BCUT2D eigenvalue weighted by molar-refractivity contribution is -0.401. The molecule has 0 saturated carbocycles. The molecule has 0 amide bonds. The van der Waals surface area contributed by atoms with Crippen molar-refractivity contribution in [2.45, 2.75) is 19.9 Å². The summed E-state index contributed by atoms with van der Waals surface area (Å²) in [6, 6.07) is 2.84. The minimum absolute atomic E-state index is 0.286. The third-order valence-corrected chi connectivity index (χ3v) is 3.09. The molecule has 0 aliphatic carbocycles. The molecule has 2 aromatic heterocycles. The molecule has 1 N–H and O–H groups in total. The van der Waals surface area contributed by atoms with Gasteiger partial charge in [0, 0.05) is 6.54 Å². The number of nitrogens with zero attached hydrogens (tertiary/aromatic N) is 3. The van der Waals surface area contributed by atoms with Crippen molar-refractivity contribution in [2.24, 2.45) is 0 Å². The van der Waals surface area contributed by atoms with Crippen molar-refractivity contribution in [3.05, 3.63) is 27.3 Å². The zero-order chi connectivity index (χ0) is 13.0. The van der Waals surface area contributed by atoms with Gasteiger partial charge in [-0.1, -0.05) is 18.3 Å². The number of aromatic nitrogens is 2. The number of hydrogen-bond donors (Lipinski definition) is 1. The molecule has 7 nitrogen and oxygen atoms in total. The van der Waals surface area contributed by atoms with Gasteiger partial charge in [0.25, 0.3) is 0 Å². The Balaban J connectivity index is 2.06. The van der Waals surface area contributed by atoms with Gasteiger partial charge >= 0.3 is 5.88 Å². The first-order chi connectivity index (χ1) is 8.70.